The Labute approximate surface area is 120 Å². The third-order valence-electron chi connectivity index (χ3n) is 3.18. The number of H-pyrrole nitrogens is 1. The van der Waals surface area contributed by atoms with Crippen molar-refractivity contribution in [3.63, 3.8) is 0 Å². The van der Waals surface area contributed by atoms with Gasteiger partial charge < -0.3 is 15.6 Å². The lowest BCUT2D eigenvalue weighted by Crippen LogP contribution is -2.44. The van der Waals surface area contributed by atoms with Crippen molar-refractivity contribution >= 4 is 11.2 Å². The Morgan fingerprint density at radius 2 is 2.10 bits per heavy atom. The number of rotatable bonds is 5. The molecule has 2 aromatic heterocycles. The van der Waals surface area contributed by atoms with E-state index in [0.717, 1.165) is 30.1 Å². The Kier molecular flexibility index (Phi) is 4.40. The van der Waals surface area contributed by atoms with Gasteiger partial charge in [-0.05, 0) is 46.2 Å². The van der Waals surface area contributed by atoms with Gasteiger partial charge in [0.05, 0.1) is 5.52 Å². The first-order valence-electron chi connectivity index (χ1n) is 7.14. The van der Waals surface area contributed by atoms with Crippen LogP contribution >= 0.6 is 0 Å². The SMILES string of the molecule is Cc1nc2nccc(CNC(C)CNC(C)(C)C)c2[nH]1. The van der Waals surface area contributed by atoms with E-state index in [9.17, 15) is 0 Å². The van der Waals surface area contributed by atoms with E-state index in [2.05, 4.69) is 53.3 Å². The van der Waals surface area contributed by atoms with Crippen LogP contribution in [-0.4, -0.2) is 33.1 Å². The van der Waals surface area contributed by atoms with Gasteiger partial charge in [-0.2, -0.15) is 0 Å². The van der Waals surface area contributed by atoms with Gasteiger partial charge in [-0.3, -0.25) is 0 Å². The van der Waals surface area contributed by atoms with Crippen molar-refractivity contribution in [1.82, 2.24) is 25.6 Å². The molecule has 5 nitrogen and oxygen atoms in total. The molecule has 20 heavy (non-hydrogen) atoms. The summed E-state index contributed by atoms with van der Waals surface area (Å²) in [6, 6.07) is 2.44. The minimum atomic E-state index is 0.153. The first-order valence-corrected chi connectivity index (χ1v) is 7.14. The van der Waals surface area contributed by atoms with Crippen LogP contribution < -0.4 is 10.6 Å². The van der Waals surface area contributed by atoms with Crippen LogP contribution in [0.15, 0.2) is 12.3 Å². The molecule has 0 saturated carbocycles. The Hall–Kier alpha value is -1.46. The lowest BCUT2D eigenvalue weighted by atomic mass is 10.1. The maximum Gasteiger partial charge on any atom is 0.177 e. The molecule has 110 valence electrons. The number of pyridine rings is 1. The van der Waals surface area contributed by atoms with Gasteiger partial charge in [-0.15, -0.1) is 0 Å². The number of hydrogen-bond donors (Lipinski definition) is 3. The summed E-state index contributed by atoms with van der Waals surface area (Å²) in [6.45, 7) is 12.4. The molecule has 0 saturated heterocycles. The average molecular weight is 275 g/mol. The van der Waals surface area contributed by atoms with Gasteiger partial charge in [0.25, 0.3) is 0 Å². The molecule has 0 aliphatic heterocycles. The normalized spacial score (nSPS) is 13.8. The maximum absolute atomic E-state index is 4.36. The molecule has 0 aromatic carbocycles. The fourth-order valence-corrected chi connectivity index (χ4v) is 2.04. The summed E-state index contributed by atoms with van der Waals surface area (Å²) in [4.78, 5) is 11.9. The van der Waals surface area contributed by atoms with Crippen LogP contribution in [-0.2, 0) is 6.54 Å². The van der Waals surface area contributed by atoms with Crippen molar-refractivity contribution in [3.05, 3.63) is 23.7 Å². The summed E-state index contributed by atoms with van der Waals surface area (Å²) in [5.74, 6) is 0.905. The van der Waals surface area contributed by atoms with Crippen molar-refractivity contribution in [3.8, 4) is 0 Å². The molecule has 1 atom stereocenters. The third-order valence-corrected chi connectivity index (χ3v) is 3.18. The largest absolute Gasteiger partial charge is 0.341 e. The molecule has 1 unspecified atom stereocenters. The first-order chi connectivity index (χ1) is 9.35. The number of nitrogens with one attached hydrogen (secondary N) is 3. The fourth-order valence-electron chi connectivity index (χ4n) is 2.04. The maximum atomic E-state index is 4.36. The number of fused-ring (bicyclic) bond motifs is 1. The highest BCUT2D eigenvalue weighted by Gasteiger charge is 2.11. The minimum Gasteiger partial charge on any atom is -0.341 e. The Bertz CT molecular complexity index is 567. The summed E-state index contributed by atoms with van der Waals surface area (Å²) in [5, 5.41) is 7.04. The molecule has 0 radical (unpaired) electrons. The third kappa shape index (κ3) is 4.02. The molecular formula is C15H25N5. The topological polar surface area (TPSA) is 65.6 Å². The van der Waals surface area contributed by atoms with Crippen molar-refractivity contribution in [2.24, 2.45) is 0 Å². The Balaban J connectivity index is 1.95. The smallest absolute Gasteiger partial charge is 0.177 e. The van der Waals surface area contributed by atoms with E-state index in [1.807, 2.05) is 19.2 Å². The molecular weight excluding hydrogens is 250 g/mol. The van der Waals surface area contributed by atoms with Gasteiger partial charge in [0.2, 0.25) is 0 Å². The molecule has 5 heteroatoms. The molecule has 0 bridgehead atoms. The predicted octanol–water partition coefficient (Wildman–Crippen LogP) is 2.13. The summed E-state index contributed by atoms with van der Waals surface area (Å²) >= 11 is 0. The van der Waals surface area contributed by atoms with Crippen molar-refractivity contribution in [1.29, 1.82) is 0 Å². The monoisotopic (exact) mass is 275 g/mol. The number of aromatic amines is 1. The highest BCUT2D eigenvalue weighted by Crippen LogP contribution is 2.13. The van der Waals surface area contributed by atoms with Gasteiger partial charge in [0, 0.05) is 30.9 Å². The van der Waals surface area contributed by atoms with Crippen LogP contribution in [0.2, 0.25) is 0 Å². The fraction of sp³-hybridized carbons (Fsp3) is 0.600. The lowest BCUT2D eigenvalue weighted by Gasteiger charge is -2.24. The zero-order chi connectivity index (χ0) is 14.8. The number of imidazole rings is 1. The molecule has 0 spiro atoms. The minimum absolute atomic E-state index is 0.153. The van der Waals surface area contributed by atoms with Crippen LogP contribution in [0.1, 0.15) is 39.1 Å². The predicted molar refractivity (Wildman–Crippen MR) is 82.7 cm³/mol. The van der Waals surface area contributed by atoms with Gasteiger partial charge in [-0.1, -0.05) is 0 Å². The first kappa shape index (κ1) is 14.9. The molecule has 0 aliphatic rings. The molecule has 0 fully saturated rings. The molecule has 2 heterocycles. The van der Waals surface area contributed by atoms with Crippen molar-refractivity contribution < 1.29 is 0 Å². The van der Waals surface area contributed by atoms with Gasteiger partial charge in [0.15, 0.2) is 5.65 Å². The second-order valence-electron chi connectivity index (χ2n) is 6.40. The van der Waals surface area contributed by atoms with E-state index in [1.54, 1.807) is 0 Å². The Morgan fingerprint density at radius 3 is 2.80 bits per heavy atom. The van der Waals surface area contributed by atoms with E-state index in [-0.39, 0.29) is 5.54 Å². The number of aromatic nitrogens is 3. The van der Waals surface area contributed by atoms with Crippen LogP contribution in [0.4, 0.5) is 0 Å². The quantitative estimate of drug-likeness (QED) is 0.782. The van der Waals surface area contributed by atoms with Gasteiger partial charge in [-0.25, -0.2) is 9.97 Å². The molecule has 2 aromatic rings. The van der Waals surface area contributed by atoms with E-state index < -0.39 is 0 Å². The van der Waals surface area contributed by atoms with Crippen LogP contribution in [0.25, 0.3) is 11.2 Å². The summed E-state index contributed by atoms with van der Waals surface area (Å²) < 4.78 is 0. The van der Waals surface area contributed by atoms with Crippen molar-refractivity contribution in [2.75, 3.05) is 6.54 Å². The standard InChI is InChI=1S/C15H25N5/c1-10(8-18-15(3,4)5)17-9-12-6-7-16-14-13(12)19-11(2)20-14/h6-7,10,17-18H,8-9H2,1-5H3,(H,16,19,20). The van der Waals surface area contributed by atoms with Crippen LogP contribution in [0.3, 0.4) is 0 Å². The second-order valence-corrected chi connectivity index (χ2v) is 6.40. The molecule has 3 N–H and O–H groups in total. The average Bonchev–Trinajstić information content (AvgIpc) is 2.73. The second kappa shape index (κ2) is 5.89. The van der Waals surface area contributed by atoms with Crippen LogP contribution in [0, 0.1) is 6.92 Å². The Morgan fingerprint density at radius 1 is 1.35 bits per heavy atom. The van der Waals surface area contributed by atoms with Crippen molar-refractivity contribution in [2.45, 2.75) is 52.7 Å². The summed E-state index contributed by atoms with van der Waals surface area (Å²) in [7, 11) is 0. The van der Waals surface area contributed by atoms with E-state index >= 15 is 0 Å². The summed E-state index contributed by atoms with van der Waals surface area (Å²) in [5.41, 5.74) is 3.19. The van der Waals surface area contributed by atoms with E-state index in [0.29, 0.717) is 6.04 Å². The van der Waals surface area contributed by atoms with Gasteiger partial charge in [0.1, 0.15) is 5.82 Å². The van der Waals surface area contributed by atoms with E-state index in [4.69, 9.17) is 0 Å². The van der Waals surface area contributed by atoms with Gasteiger partial charge >= 0.3 is 0 Å². The zero-order valence-electron chi connectivity index (χ0n) is 13.0. The number of hydrogen-bond acceptors (Lipinski definition) is 4. The lowest BCUT2D eigenvalue weighted by molar-refractivity contribution is 0.387. The summed E-state index contributed by atoms with van der Waals surface area (Å²) in [6.07, 6.45) is 1.82. The zero-order valence-corrected chi connectivity index (χ0v) is 13.0. The van der Waals surface area contributed by atoms with Crippen LogP contribution in [0.5, 0.6) is 0 Å². The molecule has 2 rings (SSSR count). The highest BCUT2D eigenvalue weighted by atomic mass is 15.0. The number of aryl methyl sites for hydroxylation is 1. The number of nitrogens with zero attached hydrogens (tertiary/aromatic N) is 2. The molecule has 0 amide bonds. The van der Waals surface area contributed by atoms with E-state index in [1.165, 1.54) is 5.56 Å². The molecule has 0 aliphatic carbocycles. The highest BCUT2D eigenvalue weighted by molar-refractivity contribution is 5.74.